The largest absolute Gasteiger partial charge is 0.465 e. The first kappa shape index (κ1) is 24.8. The fourth-order valence-electron chi connectivity index (χ4n) is 5.58. The van der Waals surface area contributed by atoms with Crippen LogP contribution in [0.1, 0.15) is 71.5 Å². The van der Waals surface area contributed by atoms with Crippen molar-refractivity contribution in [2.24, 2.45) is 11.8 Å². The number of aromatic nitrogens is 4. The normalized spacial score (nSPS) is 21.6. The van der Waals surface area contributed by atoms with E-state index < -0.39 is 0 Å². The number of aryl methyl sites for hydroxylation is 2. The Hall–Kier alpha value is -1.85. The maximum atomic E-state index is 12.6. The highest BCUT2D eigenvalue weighted by atomic mass is 127. The molecule has 0 spiro atoms. The van der Waals surface area contributed by atoms with Crippen molar-refractivity contribution >= 4 is 51.2 Å². The first-order chi connectivity index (χ1) is 16.8. The quantitative estimate of drug-likeness (QED) is 0.276. The molecule has 9 heteroatoms. The number of rotatable bonds is 5. The summed E-state index contributed by atoms with van der Waals surface area (Å²) >= 11 is 3.85. The van der Waals surface area contributed by atoms with Gasteiger partial charge in [-0.05, 0) is 90.8 Å². The van der Waals surface area contributed by atoms with Gasteiger partial charge >= 0.3 is 5.97 Å². The molecule has 0 aromatic carbocycles. The van der Waals surface area contributed by atoms with Gasteiger partial charge in [0.25, 0.3) is 5.78 Å². The third kappa shape index (κ3) is 5.17. The fraction of sp³-hybridized carbons (Fsp3) is 0.538. The predicted octanol–water partition coefficient (Wildman–Crippen LogP) is 5.68. The average Bonchev–Trinajstić information content (AvgIpc) is 3.42. The Kier molecular flexibility index (Phi) is 7.28. The van der Waals surface area contributed by atoms with Crippen LogP contribution in [-0.4, -0.2) is 50.7 Å². The van der Waals surface area contributed by atoms with E-state index in [9.17, 15) is 4.79 Å². The molecule has 0 saturated heterocycles. The van der Waals surface area contributed by atoms with Crippen molar-refractivity contribution in [2.45, 2.75) is 59.4 Å². The molecule has 0 bridgehead atoms. The van der Waals surface area contributed by atoms with Crippen LogP contribution in [0.15, 0.2) is 17.7 Å². The van der Waals surface area contributed by atoms with Gasteiger partial charge in [0.2, 0.25) is 0 Å². The monoisotopic (exact) mass is 605 g/mol. The summed E-state index contributed by atoms with van der Waals surface area (Å²) in [6.45, 7) is 8.90. The number of thiophene rings is 1. The zero-order valence-electron chi connectivity index (χ0n) is 20.8. The highest BCUT2D eigenvalue weighted by Crippen LogP contribution is 2.42. The zero-order chi connectivity index (χ0) is 24.7. The summed E-state index contributed by atoms with van der Waals surface area (Å²) in [5.41, 5.74) is 5.94. The van der Waals surface area contributed by atoms with Crippen LogP contribution in [-0.2, 0) is 11.3 Å². The van der Waals surface area contributed by atoms with E-state index >= 15 is 0 Å². The van der Waals surface area contributed by atoms with E-state index in [1.165, 1.54) is 55.3 Å². The Bertz CT molecular complexity index is 1290. The topological polar surface area (TPSA) is 72.6 Å². The fourth-order valence-corrected chi connectivity index (χ4v) is 7.38. The molecule has 186 valence electrons. The molecule has 35 heavy (non-hydrogen) atoms. The molecule has 7 nitrogen and oxygen atoms in total. The molecule has 1 saturated carbocycles. The summed E-state index contributed by atoms with van der Waals surface area (Å²) in [6.07, 6.45) is 5.90. The molecule has 5 rings (SSSR count). The number of methoxy groups -OCH3 is 1. The van der Waals surface area contributed by atoms with Crippen LogP contribution in [0.3, 0.4) is 0 Å². The first-order valence-electron chi connectivity index (χ1n) is 12.3. The van der Waals surface area contributed by atoms with Gasteiger partial charge < -0.3 is 4.74 Å². The number of esters is 1. The van der Waals surface area contributed by atoms with Gasteiger partial charge in [0.1, 0.15) is 4.88 Å². The van der Waals surface area contributed by atoms with Crippen LogP contribution < -0.4 is 0 Å². The van der Waals surface area contributed by atoms with Crippen molar-refractivity contribution in [1.29, 1.82) is 0 Å². The van der Waals surface area contributed by atoms with Crippen molar-refractivity contribution < 1.29 is 9.53 Å². The molecular weight excluding hydrogens is 573 g/mol. The first-order valence-corrected chi connectivity index (χ1v) is 14.2. The molecule has 0 radical (unpaired) electrons. The molecule has 0 amide bonds. The maximum absolute atomic E-state index is 12.6. The number of fused-ring (bicyclic) bond motifs is 1. The summed E-state index contributed by atoms with van der Waals surface area (Å²) in [4.78, 5) is 25.1. The van der Waals surface area contributed by atoms with E-state index in [-0.39, 0.29) is 5.97 Å². The molecule has 3 aromatic rings. The SMILES string of the molecule is COC(=O)c1sc(I)cc1C1=C(C2CCC(C)CC2)CN(Cc2nc3nc(C)cc(C)n3n2)CC1. The van der Waals surface area contributed by atoms with Gasteiger partial charge in [-0.15, -0.1) is 16.4 Å². The summed E-state index contributed by atoms with van der Waals surface area (Å²) in [5, 5.41) is 4.75. The van der Waals surface area contributed by atoms with Gasteiger partial charge in [-0.1, -0.05) is 19.8 Å². The number of ether oxygens (including phenoxy) is 1. The molecule has 1 aliphatic carbocycles. The van der Waals surface area contributed by atoms with Crippen LogP contribution in [0.2, 0.25) is 0 Å². The minimum atomic E-state index is -0.230. The second kappa shape index (κ2) is 10.3. The Labute approximate surface area is 224 Å². The molecular formula is C26H32IN5O2S. The number of halogens is 1. The van der Waals surface area contributed by atoms with Gasteiger partial charge in [-0.25, -0.2) is 14.3 Å². The van der Waals surface area contributed by atoms with Crippen LogP contribution in [0.4, 0.5) is 0 Å². The Morgan fingerprint density at radius 2 is 1.97 bits per heavy atom. The van der Waals surface area contributed by atoms with Crippen LogP contribution >= 0.6 is 33.9 Å². The standard InChI is InChI=1S/C26H32IN5O2S/c1-15-5-7-18(8-6-15)21-13-31(14-23-29-26-28-16(2)11-17(3)32(26)30-23)10-9-19(21)20-12-22(27)35-24(20)25(33)34-4/h11-12,15,18H,5-10,13-14H2,1-4H3. The minimum absolute atomic E-state index is 0.230. The smallest absolute Gasteiger partial charge is 0.348 e. The number of nitrogens with zero attached hydrogens (tertiary/aromatic N) is 5. The molecule has 4 heterocycles. The van der Waals surface area contributed by atoms with Gasteiger partial charge in [0.05, 0.1) is 16.5 Å². The Balaban J connectivity index is 1.47. The van der Waals surface area contributed by atoms with E-state index in [2.05, 4.69) is 45.5 Å². The van der Waals surface area contributed by atoms with Crippen molar-refractivity contribution in [3.05, 3.63) is 48.2 Å². The number of hydrogen-bond acceptors (Lipinski definition) is 7. The highest BCUT2D eigenvalue weighted by molar-refractivity contribution is 14.1. The highest BCUT2D eigenvalue weighted by Gasteiger charge is 2.31. The zero-order valence-corrected chi connectivity index (χ0v) is 23.8. The second-order valence-electron chi connectivity index (χ2n) is 9.98. The lowest BCUT2D eigenvalue weighted by molar-refractivity contribution is 0.0606. The van der Waals surface area contributed by atoms with Crippen molar-refractivity contribution in [3.8, 4) is 0 Å². The Morgan fingerprint density at radius 3 is 2.71 bits per heavy atom. The second-order valence-corrected chi connectivity index (χ2v) is 12.9. The Morgan fingerprint density at radius 1 is 1.20 bits per heavy atom. The lowest BCUT2D eigenvalue weighted by Gasteiger charge is -2.37. The van der Waals surface area contributed by atoms with Crippen molar-refractivity contribution in [1.82, 2.24) is 24.5 Å². The van der Waals surface area contributed by atoms with Crippen LogP contribution in [0, 0.1) is 28.6 Å². The van der Waals surface area contributed by atoms with Gasteiger partial charge in [-0.2, -0.15) is 4.98 Å². The predicted molar refractivity (Wildman–Crippen MR) is 147 cm³/mol. The van der Waals surface area contributed by atoms with Gasteiger partial charge in [-0.3, -0.25) is 4.90 Å². The number of carbonyl (C=O) groups is 1. The van der Waals surface area contributed by atoms with E-state index in [0.29, 0.717) is 18.2 Å². The molecule has 3 aromatic heterocycles. The summed E-state index contributed by atoms with van der Waals surface area (Å²) < 4.78 is 8.10. The van der Waals surface area contributed by atoms with Crippen LogP contribution in [0.5, 0.6) is 0 Å². The third-order valence-corrected chi connectivity index (χ3v) is 9.27. The molecule has 1 aliphatic heterocycles. The van der Waals surface area contributed by atoms with Gasteiger partial charge in [0, 0.05) is 30.0 Å². The lowest BCUT2D eigenvalue weighted by Crippen LogP contribution is -2.34. The molecule has 0 N–H and O–H groups in total. The van der Waals surface area contributed by atoms with Crippen molar-refractivity contribution in [3.63, 3.8) is 0 Å². The molecule has 1 fully saturated rings. The molecule has 0 unspecified atom stereocenters. The molecule has 2 aliphatic rings. The van der Waals surface area contributed by atoms with Crippen LogP contribution in [0.25, 0.3) is 11.4 Å². The van der Waals surface area contributed by atoms with Crippen molar-refractivity contribution in [2.75, 3.05) is 20.2 Å². The van der Waals surface area contributed by atoms with E-state index in [1.807, 2.05) is 24.4 Å². The summed E-state index contributed by atoms with van der Waals surface area (Å²) in [5.74, 6) is 2.61. The maximum Gasteiger partial charge on any atom is 0.348 e. The summed E-state index contributed by atoms with van der Waals surface area (Å²) in [6, 6.07) is 4.21. The van der Waals surface area contributed by atoms with E-state index in [1.54, 1.807) is 0 Å². The third-order valence-electron chi connectivity index (χ3n) is 7.39. The van der Waals surface area contributed by atoms with E-state index in [0.717, 1.165) is 56.0 Å². The lowest BCUT2D eigenvalue weighted by atomic mass is 9.75. The van der Waals surface area contributed by atoms with E-state index in [4.69, 9.17) is 14.8 Å². The number of carbonyl (C=O) groups excluding carboxylic acids is 1. The minimum Gasteiger partial charge on any atom is -0.465 e. The summed E-state index contributed by atoms with van der Waals surface area (Å²) in [7, 11) is 1.47. The number of hydrogen-bond donors (Lipinski definition) is 0. The van der Waals surface area contributed by atoms with Gasteiger partial charge in [0.15, 0.2) is 5.82 Å². The molecule has 0 atom stereocenters. The average molecular weight is 606 g/mol.